The predicted molar refractivity (Wildman–Crippen MR) is 82.9 cm³/mol. The Balaban J connectivity index is 1.68. The Bertz CT molecular complexity index is 464. The Morgan fingerprint density at radius 2 is 2.15 bits per heavy atom. The smallest absolute Gasteiger partial charge is 0.224 e. The molecule has 1 aliphatic heterocycles. The molecular weight excluding hydrogens is 344 g/mol. The molecule has 1 aromatic rings. The molecule has 1 aliphatic rings. The van der Waals surface area contributed by atoms with Crippen LogP contribution in [0.5, 0.6) is 0 Å². The van der Waals surface area contributed by atoms with Crippen LogP contribution in [0.15, 0.2) is 22.7 Å². The summed E-state index contributed by atoms with van der Waals surface area (Å²) >= 11 is 9.34. The lowest BCUT2D eigenvalue weighted by atomic mass is 10.2. The number of rotatable bonds is 5. The molecule has 0 aromatic heterocycles. The van der Waals surface area contributed by atoms with Crippen LogP contribution in [0.3, 0.4) is 0 Å². The third-order valence-electron chi connectivity index (χ3n) is 3.19. The second-order valence-corrected chi connectivity index (χ2v) is 5.93. The van der Waals surface area contributed by atoms with Crippen molar-refractivity contribution in [1.29, 1.82) is 0 Å². The third-order valence-corrected chi connectivity index (χ3v) is 4.41. The number of carbonyl (C=O) groups is 1. The standard InChI is InChI=1S/C14H18BrClN2O2/c15-12-9-11(1-2-13(12)16)10-17-4-3-14(19)18-5-7-20-8-6-18/h1-2,9,17H,3-8,10H2. The Hall–Kier alpha value is -0.620. The van der Waals surface area contributed by atoms with Gasteiger partial charge in [0.15, 0.2) is 0 Å². The molecule has 0 unspecified atom stereocenters. The highest BCUT2D eigenvalue weighted by Crippen LogP contribution is 2.23. The summed E-state index contributed by atoms with van der Waals surface area (Å²) in [5, 5.41) is 3.98. The average molecular weight is 362 g/mol. The van der Waals surface area contributed by atoms with Crippen LogP contribution in [0, 0.1) is 0 Å². The van der Waals surface area contributed by atoms with Crippen molar-refractivity contribution in [1.82, 2.24) is 10.2 Å². The maximum absolute atomic E-state index is 11.9. The number of carbonyl (C=O) groups excluding carboxylic acids is 1. The fourth-order valence-corrected chi connectivity index (χ4v) is 2.59. The van der Waals surface area contributed by atoms with Gasteiger partial charge in [-0.15, -0.1) is 0 Å². The first-order chi connectivity index (χ1) is 9.66. The van der Waals surface area contributed by atoms with Crippen molar-refractivity contribution in [2.45, 2.75) is 13.0 Å². The molecule has 0 radical (unpaired) electrons. The molecule has 1 saturated heterocycles. The van der Waals surface area contributed by atoms with E-state index in [-0.39, 0.29) is 5.91 Å². The minimum atomic E-state index is 0.193. The number of ether oxygens (including phenoxy) is 1. The van der Waals surface area contributed by atoms with Gasteiger partial charge in [-0.05, 0) is 33.6 Å². The minimum absolute atomic E-state index is 0.193. The van der Waals surface area contributed by atoms with E-state index in [1.807, 2.05) is 23.1 Å². The first-order valence-corrected chi connectivity index (χ1v) is 7.84. The van der Waals surface area contributed by atoms with Gasteiger partial charge in [-0.25, -0.2) is 0 Å². The van der Waals surface area contributed by atoms with E-state index in [0.717, 1.165) is 16.6 Å². The van der Waals surface area contributed by atoms with E-state index < -0.39 is 0 Å². The fourth-order valence-electron chi connectivity index (χ4n) is 2.05. The summed E-state index contributed by atoms with van der Waals surface area (Å²) < 4.78 is 6.12. The molecule has 0 atom stereocenters. The monoisotopic (exact) mass is 360 g/mol. The largest absolute Gasteiger partial charge is 0.378 e. The van der Waals surface area contributed by atoms with E-state index in [0.29, 0.717) is 44.3 Å². The number of hydrogen-bond donors (Lipinski definition) is 1. The molecule has 0 aliphatic carbocycles. The Morgan fingerprint density at radius 3 is 2.85 bits per heavy atom. The molecule has 0 saturated carbocycles. The molecule has 1 heterocycles. The van der Waals surface area contributed by atoms with Gasteiger partial charge in [-0.3, -0.25) is 4.79 Å². The lowest BCUT2D eigenvalue weighted by Crippen LogP contribution is -2.41. The summed E-state index contributed by atoms with van der Waals surface area (Å²) in [6.45, 7) is 4.13. The van der Waals surface area contributed by atoms with E-state index in [4.69, 9.17) is 16.3 Å². The number of hydrogen-bond acceptors (Lipinski definition) is 3. The molecule has 6 heteroatoms. The van der Waals surface area contributed by atoms with Crippen molar-refractivity contribution in [2.24, 2.45) is 0 Å². The van der Waals surface area contributed by atoms with Crippen LogP contribution in [-0.4, -0.2) is 43.7 Å². The lowest BCUT2D eigenvalue weighted by Gasteiger charge is -2.26. The minimum Gasteiger partial charge on any atom is -0.378 e. The van der Waals surface area contributed by atoms with E-state index >= 15 is 0 Å². The molecule has 0 bridgehead atoms. The zero-order chi connectivity index (χ0) is 14.4. The zero-order valence-corrected chi connectivity index (χ0v) is 13.5. The second kappa shape index (κ2) is 7.98. The van der Waals surface area contributed by atoms with Crippen molar-refractivity contribution >= 4 is 33.4 Å². The fraction of sp³-hybridized carbons (Fsp3) is 0.500. The van der Waals surface area contributed by atoms with Crippen LogP contribution in [0.25, 0.3) is 0 Å². The number of halogens is 2. The Morgan fingerprint density at radius 1 is 1.40 bits per heavy atom. The SMILES string of the molecule is O=C(CCNCc1ccc(Cl)c(Br)c1)N1CCOCC1. The van der Waals surface area contributed by atoms with Crippen molar-refractivity contribution in [3.05, 3.63) is 33.3 Å². The summed E-state index contributed by atoms with van der Waals surface area (Å²) in [5.74, 6) is 0.193. The van der Waals surface area contributed by atoms with Crippen LogP contribution in [0.2, 0.25) is 5.02 Å². The molecule has 1 amide bonds. The van der Waals surface area contributed by atoms with Gasteiger partial charge < -0.3 is 15.0 Å². The highest BCUT2D eigenvalue weighted by Gasteiger charge is 2.15. The Kier molecular flexibility index (Phi) is 6.29. The van der Waals surface area contributed by atoms with E-state index in [1.54, 1.807) is 0 Å². The highest BCUT2D eigenvalue weighted by atomic mass is 79.9. The van der Waals surface area contributed by atoms with E-state index in [9.17, 15) is 4.79 Å². The third kappa shape index (κ3) is 4.74. The highest BCUT2D eigenvalue weighted by molar-refractivity contribution is 9.10. The molecule has 0 spiro atoms. The lowest BCUT2D eigenvalue weighted by molar-refractivity contribution is -0.135. The van der Waals surface area contributed by atoms with Crippen molar-refractivity contribution < 1.29 is 9.53 Å². The van der Waals surface area contributed by atoms with Crippen LogP contribution in [-0.2, 0) is 16.1 Å². The van der Waals surface area contributed by atoms with Gasteiger partial charge in [-0.1, -0.05) is 17.7 Å². The quantitative estimate of drug-likeness (QED) is 0.819. The summed E-state index contributed by atoms with van der Waals surface area (Å²) in [4.78, 5) is 13.8. The van der Waals surface area contributed by atoms with Crippen LogP contribution in [0.4, 0.5) is 0 Å². The number of benzene rings is 1. The van der Waals surface area contributed by atoms with Gasteiger partial charge in [-0.2, -0.15) is 0 Å². The van der Waals surface area contributed by atoms with Gasteiger partial charge in [0.05, 0.1) is 18.2 Å². The van der Waals surface area contributed by atoms with Crippen LogP contribution >= 0.6 is 27.5 Å². The first-order valence-electron chi connectivity index (χ1n) is 6.67. The molecule has 2 rings (SSSR count). The average Bonchev–Trinajstić information content (AvgIpc) is 2.48. The van der Waals surface area contributed by atoms with Gasteiger partial charge in [0.1, 0.15) is 0 Å². The number of nitrogens with zero attached hydrogens (tertiary/aromatic N) is 1. The summed E-state index contributed by atoms with van der Waals surface area (Å²) in [6.07, 6.45) is 0.523. The van der Waals surface area contributed by atoms with E-state index in [1.165, 1.54) is 0 Å². The molecule has 1 fully saturated rings. The summed E-state index contributed by atoms with van der Waals surface area (Å²) in [7, 11) is 0. The Labute approximate surface area is 132 Å². The molecule has 20 heavy (non-hydrogen) atoms. The zero-order valence-electron chi connectivity index (χ0n) is 11.2. The maximum atomic E-state index is 11.9. The molecule has 1 aromatic carbocycles. The van der Waals surface area contributed by atoms with Gasteiger partial charge in [0, 0.05) is 37.1 Å². The van der Waals surface area contributed by atoms with Crippen molar-refractivity contribution in [3.63, 3.8) is 0 Å². The van der Waals surface area contributed by atoms with E-state index in [2.05, 4.69) is 21.2 Å². The molecular formula is C14H18BrClN2O2. The number of amides is 1. The topological polar surface area (TPSA) is 41.6 Å². The molecule has 110 valence electrons. The van der Waals surface area contributed by atoms with Crippen LogP contribution in [0.1, 0.15) is 12.0 Å². The number of morpholine rings is 1. The second-order valence-electron chi connectivity index (χ2n) is 4.67. The van der Waals surface area contributed by atoms with Gasteiger partial charge >= 0.3 is 0 Å². The van der Waals surface area contributed by atoms with Crippen molar-refractivity contribution in [2.75, 3.05) is 32.8 Å². The number of nitrogens with one attached hydrogen (secondary N) is 1. The first kappa shape index (κ1) is 15.8. The molecule has 1 N–H and O–H groups in total. The van der Waals surface area contributed by atoms with Gasteiger partial charge in [0.25, 0.3) is 0 Å². The van der Waals surface area contributed by atoms with Crippen LogP contribution < -0.4 is 5.32 Å². The summed E-state index contributed by atoms with van der Waals surface area (Å²) in [5.41, 5.74) is 1.14. The summed E-state index contributed by atoms with van der Waals surface area (Å²) in [6, 6.07) is 5.82. The molecule has 4 nitrogen and oxygen atoms in total. The predicted octanol–water partition coefficient (Wildman–Crippen LogP) is 2.44. The van der Waals surface area contributed by atoms with Gasteiger partial charge in [0.2, 0.25) is 5.91 Å². The normalized spacial score (nSPS) is 15.4. The maximum Gasteiger partial charge on any atom is 0.224 e. The van der Waals surface area contributed by atoms with Crippen molar-refractivity contribution in [3.8, 4) is 0 Å².